The molecule has 1 saturated carbocycles. The second-order valence-corrected chi connectivity index (χ2v) is 15.0. The molecule has 5 radical (unpaired) electrons. The molecular weight excluding hydrogens is 588 g/mol. The van der Waals surface area contributed by atoms with Gasteiger partial charge in [0.15, 0.2) is 0 Å². The van der Waals surface area contributed by atoms with Crippen molar-refractivity contribution in [3.05, 3.63) is 164 Å². The van der Waals surface area contributed by atoms with Gasteiger partial charge in [0, 0.05) is 35.4 Å². The van der Waals surface area contributed by atoms with Gasteiger partial charge in [-0.3, -0.25) is 0 Å². The summed E-state index contributed by atoms with van der Waals surface area (Å²) in [6.07, 6.45) is 6.77. The molecule has 0 spiro atoms. The third kappa shape index (κ3) is 5.18. The van der Waals surface area contributed by atoms with E-state index in [1.807, 2.05) is 0 Å². The van der Waals surface area contributed by atoms with Crippen molar-refractivity contribution in [3.63, 3.8) is 0 Å². The monoisotopic (exact) mass is 620 g/mol. The maximum absolute atomic E-state index is 6.92. The van der Waals surface area contributed by atoms with E-state index in [2.05, 4.69) is 171 Å². The Kier molecular flexibility index (Phi) is 7.72. The van der Waals surface area contributed by atoms with E-state index in [0.29, 0.717) is 0 Å². The molecule has 0 saturated heterocycles. The highest BCUT2D eigenvalue weighted by Crippen LogP contribution is 2.58. The Morgan fingerprint density at radius 3 is 1.60 bits per heavy atom. The number of benzene rings is 6. The molecule has 1 fully saturated rings. The van der Waals surface area contributed by atoms with Gasteiger partial charge in [0.25, 0.3) is 0 Å². The average Bonchev–Trinajstić information content (AvgIpc) is 3.50. The van der Waals surface area contributed by atoms with Gasteiger partial charge in [-0.2, -0.15) is 0 Å². The first kappa shape index (κ1) is 28.6. The summed E-state index contributed by atoms with van der Waals surface area (Å²) in [6.45, 7) is 2.27. The van der Waals surface area contributed by atoms with Crippen molar-refractivity contribution >= 4 is 70.2 Å². The normalized spacial score (nSPS) is 15.2. The van der Waals surface area contributed by atoms with E-state index < -0.39 is 16.1 Å². The fourth-order valence-corrected chi connectivity index (χ4v) is 10.3. The second kappa shape index (κ2) is 12.1. The molecule has 5 heteroatoms. The van der Waals surface area contributed by atoms with Crippen LogP contribution in [0.3, 0.4) is 0 Å². The highest BCUT2D eigenvalue weighted by molar-refractivity contribution is 7.76. The first-order chi connectivity index (χ1) is 22.2. The van der Waals surface area contributed by atoms with Gasteiger partial charge in [0.1, 0.15) is 11.2 Å². The SMILES string of the molecule is C[C@H]([C]1[CH][CH][CH][C]1P(c1ccccc1)c1ccccc1)N(C)p1oc2ccc3ccccc3c2c2c(ccc3ccccc32)o1. The van der Waals surface area contributed by atoms with E-state index in [-0.39, 0.29) is 6.04 Å². The Morgan fingerprint density at radius 1 is 0.578 bits per heavy atom. The quantitative estimate of drug-likeness (QED) is 0.173. The molecule has 0 amide bonds. The lowest BCUT2D eigenvalue weighted by atomic mass is 9.99. The Morgan fingerprint density at radius 2 is 1.07 bits per heavy atom. The summed E-state index contributed by atoms with van der Waals surface area (Å²) >= 11 is 0. The van der Waals surface area contributed by atoms with Gasteiger partial charge in [-0.05, 0) is 78.4 Å². The summed E-state index contributed by atoms with van der Waals surface area (Å²) in [7, 11) is -0.0902. The molecule has 219 valence electrons. The van der Waals surface area contributed by atoms with E-state index in [0.717, 1.165) is 21.9 Å². The van der Waals surface area contributed by atoms with Crippen molar-refractivity contribution in [2.45, 2.75) is 13.0 Å². The number of fused-ring (bicyclic) bond motifs is 7. The van der Waals surface area contributed by atoms with Gasteiger partial charge in [0.05, 0.1) is 0 Å². The fraction of sp³-hybridized carbons (Fsp3) is 0.0750. The van der Waals surface area contributed by atoms with Crippen molar-refractivity contribution in [1.29, 1.82) is 0 Å². The van der Waals surface area contributed by atoms with Crippen LogP contribution in [-0.2, 0) is 0 Å². The lowest BCUT2D eigenvalue weighted by Crippen LogP contribution is -2.35. The standard InChI is InChI=1S/C40H32NO2P2/c1-28(33-22-13-23-38(33)44(31-16-5-3-6-17-31)32-18-7-4-8-19-32)41(2)45-42-36-26-24-29-14-9-11-20-34(29)39(36)40-35-21-12-10-15-30(35)25-27-37(40)43-45/h3-28H,1-2H3/t28-/m1/s1. The van der Waals surface area contributed by atoms with Crippen molar-refractivity contribution in [2.75, 3.05) is 11.7 Å². The highest BCUT2D eigenvalue weighted by Gasteiger charge is 2.41. The van der Waals surface area contributed by atoms with Crippen LogP contribution >= 0.6 is 16.1 Å². The van der Waals surface area contributed by atoms with E-state index in [1.165, 1.54) is 43.7 Å². The van der Waals surface area contributed by atoms with E-state index in [1.54, 1.807) is 0 Å². The maximum Gasteiger partial charge on any atom is 0.309 e. The first-order valence-corrected chi connectivity index (χ1v) is 17.7. The summed E-state index contributed by atoms with van der Waals surface area (Å²) < 4.78 is 16.1. The molecule has 8 rings (SSSR count). The Balaban J connectivity index is 1.27. The third-order valence-corrected chi connectivity index (χ3v) is 12.8. The van der Waals surface area contributed by atoms with E-state index in [4.69, 9.17) is 8.39 Å². The summed E-state index contributed by atoms with van der Waals surface area (Å²) in [5.74, 6) is 1.30. The molecule has 0 aliphatic heterocycles. The smallest absolute Gasteiger partial charge is 0.309 e. The molecule has 0 N–H and O–H groups in total. The number of hydrogen-bond donors (Lipinski definition) is 0. The van der Waals surface area contributed by atoms with Crippen LogP contribution in [0, 0.1) is 30.8 Å². The second-order valence-electron chi connectivity index (χ2n) is 11.4. The van der Waals surface area contributed by atoms with Crippen LogP contribution in [0.2, 0.25) is 0 Å². The highest BCUT2D eigenvalue weighted by atomic mass is 31.1. The molecule has 6 aromatic carbocycles. The molecule has 1 aromatic heterocycles. The van der Waals surface area contributed by atoms with Crippen molar-refractivity contribution in [3.8, 4) is 0 Å². The van der Waals surface area contributed by atoms with Crippen molar-refractivity contribution in [1.82, 2.24) is 0 Å². The van der Waals surface area contributed by atoms with E-state index in [9.17, 15) is 0 Å². The molecule has 0 bridgehead atoms. The fourth-order valence-electron chi connectivity index (χ4n) is 6.39. The van der Waals surface area contributed by atoms with Crippen LogP contribution < -0.4 is 15.3 Å². The summed E-state index contributed by atoms with van der Waals surface area (Å²) in [5.41, 5.74) is 3.07. The lowest BCUT2D eigenvalue weighted by molar-refractivity contribution is 0.613. The zero-order valence-corrected chi connectivity index (χ0v) is 27.0. The molecule has 1 atom stereocenters. The van der Waals surface area contributed by atoms with Crippen molar-refractivity contribution < 1.29 is 8.39 Å². The minimum absolute atomic E-state index is 0.0458. The van der Waals surface area contributed by atoms with Crippen molar-refractivity contribution in [2.24, 2.45) is 0 Å². The van der Waals surface area contributed by atoms with Crippen LogP contribution in [0.4, 0.5) is 0 Å². The molecule has 45 heavy (non-hydrogen) atoms. The number of rotatable bonds is 6. The molecule has 3 nitrogen and oxygen atoms in total. The molecule has 1 aliphatic carbocycles. The molecule has 1 aliphatic rings. The first-order valence-electron chi connectivity index (χ1n) is 15.3. The van der Waals surface area contributed by atoms with Gasteiger partial charge in [-0.1, -0.05) is 121 Å². The van der Waals surface area contributed by atoms with Crippen LogP contribution in [0.5, 0.6) is 0 Å². The van der Waals surface area contributed by atoms with Crippen LogP contribution in [-0.4, -0.2) is 13.1 Å². The maximum atomic E-state index is 6.92. The summed E-state index contributed by atoms with van der Waals surface area (Å²) in [5, 5.41) is 9.57. The molecule has 1 heterocycles. The minimum Gasteiger partial charge on any atom is -0.408 e. The van der Waals surface area contributed by atoms with Gasteiger partial charge < -0.3 is 8.39 Å². The zero-order valence-electron chi connectivity index (χ0n) is 25.2. The van der Waals surface area contributed by atoms with Crippen LogP contribution in [0.1, 0.15) is 6.92 Å². The predicted octanol–water partition coefficient (Wildman–Crippen LogP) is 10.4. The van der Waals surface area contributed by atoms with Crippen LogP contribution in [0.15, 0.2) is 142 Å². The average molecular weight is 621 g/mol. The van der Waals surface area contributed by atoms with Crippen LogP contribution in [0.25, 0.3) is 43.5 Å². The zero-order chi connectivity index (χ0) is 30.3. The predicted molar refractivity (Wildman–Crippen MR) is 193 cm³/mol. The molecule has 0 unspecified atom stereocenters. The van der Waals surface area contributed by atoms with Gasteiger partial charge in [-0.15, -0.1) is 0 Å². The van der Waals surface area contributed by atoms with Gasteiger partial charge in [0.2, 0.25) is 0 Å². The van der Waals surface area contributed by atoms with Gasteiger partial charge >= 0.3 is 8.16 Å². The largest absolute Gasteiger partial charge is 0.408 e. The Bertz CT molecular complexity index is 2020. The number of hydrogen-bond acceptors (Lipinski definition) is 3. The minimum atomic E-state index is -1.49. The number of nitrogens with zero attached hydrogens (tertiary/aromatic N) is 1. The molecular formula is C40H32NO2P2. The Hall–Kier alpha value is -3.87. The topological polar surface area (TPSA) is 29.5 Å². The summed E-state index contributed by atoms with van der Waals surface area (Å²) in [6, 6.07) is 47.5. The lowest BCUT2D eigenvalue weighted by Gasteiger charge is -2.34. The third-order valence-electron chi connectivity index (χ3n) is 8.75. The summed E-state index contributed by atoms with van der Waals surface area (Å²) in [4.78, 5) is 0. The molecule has 7 aromatic rings. The van der Waals surface area contributed by atoms with E-state index >= 15 is 0 Å². The van der Waals surface area contributed by atoms with Gasteiger partial charge in [-0.25, -0.2) is 4.67 Å². The Labute approximate surface area is 266 Å².